The van der Waals surface area contributed by atoms with Crippen LogP contribution in [0.4, 0.5) is 11.4 Å². The third kappa shape index (κ3) is 4.89. The maximum Gasteiger partial charge on any atom is 0.337 e. The van der Waals surface area contributed by atoms with E-state index in [1.807, 2.05) is 19.9 Å². The minimum Gasteiger partial charge on any atom is -0.465 e. The molecular weight excluding hydrogens is 380 g/mol. The maximum atomic E-state index is 12.7. The third-order valence-corrected chi connectivity index (χ3v) is 5.65. The number of hydrogen-bond acceptors (Lipinski definition) is 5. The molecule has 0 aliphatic carbocycles. The van der Waals surface area contributed by atoms with Crippen molar-refractivity contribution in [2.24, 2.45) is 0 Å². The van der Waals surface area contributed by atoms with E-state index >= 15 is 0 Å². The van der Waals surface area contributed by atoms with Gasteiger partial charge in [0.05, 0.1) is 24.6 Å². The summed E-state index contributed by atoms with van der Waals surface area (Å²) in [6.07, 6.45) is 1.07. The molecule has 0 fully saturated rings. The zero-order valence-corrected chi connectivity index (χ0v) is 17.3. The summed E-state index contributed by atoms with van der Waals surface area (Å²) in [4.78, 5) is 24.2. The van der Waals surface area contributed by atoms with Crippen LogP contribution in [0.3, 0.4) is 0 Å². The van der Waals surface area contributed by atoms with Gasteiger partial charge in [-0.25, -0.2) is 13.2 Å². The topological polar surface area (TPSA) is 92.8 Å². The van der Waals surface area contributed by atoms with Crippen molar-refractivity contribution in [3.05, 3.63) is 59.2 Å². The van der Waals surface area contributed by atoms with E-state index in [0.29, 0.717) is 16.9 Å². The Hall–Kier alpha value is -2.87. The van der Waals surface area contributed by atoms with Crippen LogP contribution in [0.5, 0.6) is 0 Å². The summed E-state index contributed by atoms with van der Waals surface area (Å²) in [6.45, 7) is 5.33. The normalized spacial score (nSPS) is 12.2. The van der Waals surface area contributed by atoms with Crippen LogP contribution in [0.1, 0.15) is 28.4 Å². The quantitative estimate of drug-likeness (QED) is 0.748. The van der Waals surface area contributed by atoms with Gasteiger partial charge in [-0.3, -0.25) is 9.10 Å². The lowest BCUT2D eigenvalue weighted by molar-refractivity contribution is -0.116. The van der Waals surface area contributed by atoms with Crippen molar-refractivity contribution in [3.63, 3.8) is 0 Å². The predicted octanol–water partition coefficient (Wildman–Crippen LogP) is 2.88. The summed E-state index contributed by atoms with van der Waals surface area (Å²) in [5.74, 6) is -0.973. The summed E-state index contributed by atoms with van der Waals surface area (Å²) in [7, 11) is -2.41. The zero-order chi connectivity index (χ0) is 21.1. The summed E-state index contributed by atoms with van der Waals surface area (Å²) >= 11 is 0. The van der Waals surface area contributed by atoms with E-state index in [1.165, 1.54) is 26.2 Å². The van der Waals surface area contributed by atoms with Crippen LogP contribution in [-0.2, 0) is 19.6 Å². The van der Waals surface area contributed by atoms with E-state index in [-0.39, 0.29) is 0 Å². The van der Waals surface area contributed by atoms with Crippen LogP contribution in [0, 0.1) is 13.8 Å². The molecule has 0 unspecified atom stereocenters. The van der Waals surface area contributed by atoms with Crippen LogP contribution in [0.2, 0.25) is 0 Å². The molecule has 0 saturated heterocycles. The van der Waals surface area contributed by atoms with Crippen molar-refractivity contribution < 1.29 is 22.7 Å². The summed E-state index contributed by atoms with van der Waals surface area (Å²) in [5.41, 5.74) is 3.17. The van der Waals surface area contributed by atoms with E-state index < -0.39 is 27.9 Å². The number of aryl methyl sites for hydroxylation is 2. The SMILES string of the molecule is COC(=O)c1ccc(NC(=O)[C@@H](C)N(c2ccc(C)c(C)c2)S(C)(=O)=O)cc1. The molecule has 2 aromatic carbocycles. The molecule has 0 aliphatic rings. The zero-order valence-electron chi connectivity index (χ0n) is 16.5. The molecule has 0 saturated carbocycles. The van der Waals surface area contributed by atoms with Crippen molar-refractivity contribution in [1.82, 2.24) is 0 Å². The molecule has 0 aromatic heterocycles. The first kappa shape index (κ1) is 21.4. The first-order chi connectivity index (χ1) is 13.0. The first-order valence-electron chi connectivity index (χ1n) is 8.60. The van der Waals surface area contributed by atoms with Gasteiger partial charge in [0.25, 0.3) is 0 Å². The highest BCUT2D eigenvalue weighted by atomic mass is 32.2. The lowest BCUT2D eigenvalue weighted by Crippen LogP contribution is -2.45. The predicted molar refractivity (Wildman–Crippen MR) is 109 cm³/mol. The highest BCUT2D eigenvalue weighted by Gasteiger charge is 2.29. The minimum atomic E-state index is -3.69. The summed E-state index contributed by atoms with van der Waals surface area (Å²) in [5, 5.41) is 2.68. The van der Waals surface area contributed by atoms with Crippen molar-refractivity contribution in [2.75, 3.05) is 23.0 Å². The fourth-order valence-corrected chi connectivity index (χ4v) is 3.89. The molecule has 0 radical (unpaired) electrons. The third-order valence-electron chi connectivity index (χ3n) is 4.41. The average Bonchev–Trinajstić information content (AvgIpc) is 2.63. The Balaban J connectivity index is 2.26. The Morgan fingerprint density at radius 2 is 1.64 bits per heavy atom. The number of amides is 1. The molecule has 0 spiro atoms. The van der Waals surface area contributed by atoms with Crippen LogP contribution in [-0.4, -0.2) is 39.7 Å². The number of anilines is 2. The molecule has 28 heavy (non-hydrogen) atoms. The molecule has 0 heterocycles. The molecule has 8 heteroatoms. The second-order valence-electron chi connectivity index (χ2n) is 6.56. The van der Waals surface area contributed by atoms with Gasteiger partial charge < -0.3 is 10.1 Å². The monoisotopic (exact) mass is 404 g/mol. The Morgan fingerprint density at radius 3 is 2.14 bits per heavy atom. The molecule has 2 aromatic rings. The smallest absolute Gasteiger partial charge is 0.337 e. The van der Waals surface area contributed by atoms with Crippen molar-refractivity contribution in [2.45, 2.75) is 26.8 Å². The number of methoxy groups -OCH3 is 1. The van der Waals surface area contributed by atoms with Crippen LogP contribution in [0.15, 0.2) is 42.5 Å². The Kier molecular flexibility index (Phi) is 6.45. The van der Waals surface area contributed by atoms with Gasteiger partial charge in [-0.05, 0) is 68.3 Å². The van der Waals surface area contributed by atoms with Crippen molar-refractivity contribution in [1.29, 1.82) is 0 Å². The molecule has 7 nitrogen and oxygen atoms in total. The van der Waals surface area contributed by atoms with E-state index in [1.54, 1.807) is 24.3 Å². The summed E-state index contributed by atoms with van der Waals surface area (Å²) < 4.78 is 30.5. The fraction of sp³-hybridized carbons (Fsp3) is 0.300. The number of ether oxygens (including phenoxy) is 1. The van der Waals surface area contributed by atoms with Crippen molar-refractivity contribution in [3.8, 4) is 0 Å². The minimum absolute atomic E-state index is 0.349. The van der Waals surface area contributed by atoms with E-state index in [4.69, 9.17) is 0 Å². The number of carbonyl (C=O) groups is 2. The van der Waals surface area contributed by atoms with Gasteiger partial charge in [0.2, 0.25) is 15.9 Å². The van der Waals surface area contributed by atoms with Gasteiger partial charge in [0, 0.05) is 5.69 Å². The van der Waals surface area contributed by atoms with Gasteiger partial charge >= 0.3 is 5.97 Å². The number of benzene rings is 2. The molecule has 2 rings (SSSR count). The maximum absolute atomic E-state index is 12.7. The lowest BCUT2D eigenvalue weighted by atomic mass is 10.1. The van der Waals surface area contributed by atoms with Crippen LogP contribution >= 0.6 is 0 Å². The second kappa shape index (κ2) is 8.43. The second-order valence-corrected chi connectivity index (χ2v) is 8.42. The number of sulfonamides is 1. The molecule has 0 bridgehead atoms. The van der Waals surface area contributed by atoms with Gasteiger partial charge in [-0.15, -0.1) is 0 Å². The fourth-order valence-electron chi connectivity index (χ4n) is 2.73. The number of nitrogens with one attached hydrogen (secondary N) is 1. The van der Waals surface area contributed by atoms with E-state index in [0.717, 1.165) is 21.7 Å². The van der Waals surface area contributed by atoms with Crippen molar-refractivity contribution >= 4 is 33.3 Å². The number of nitrogens with zero attached hydrogens (tertiary/aromatic N) is 1. The van der Waals surface area contributed by atoms with Gasteiger partial charge in [-0.2, -0.15) is 0 Å². The molecule has 1 atom stereocenters. The Labute approximate surface area is 165 Å². The van der Waals surface area contributed by atoms with Crippen LogP contribution in [0.25, 0.3) is 0 Å². The van der Waals surface area contributed by atoms with Crippen LogP contribution < -0.4 is 9.62 Å². The largest absolute Gasteiger partial charge is 0.465 e. The first-order valence-corrected chi connectivity index (χ1v) is 10.5. The number of esters is 1. The molecular formula is C20H24N2O5S. The van der Waals surface area contributed by atoms with Gasteiger partial charge in [-0.1, -0.05) is 6.07 Å². The summed E-state index contributed by atoms with van der Waals surface area (Å²) in [6, 6.07) is 10.4. The molecule has 1 N–H and O–H groups in total. The average molecular weight is 404 g/mol. The standard InChI is InChI=1S/C20H24N2O5S/c1-13-6-11-18(12-14(13)2)22(28(5,25)26)15(3)19(23)21-17-9-7-16(8-10-17)20(24)27-4/h6-12,15H,1-5H3,(H,21,23)/t15-/m1/s1. The molecule has 1 amide bonds. The lowest BCUT2D eigenvalue weighted by Gasteiger charge is -2.28. The molecule has 0 aliphatic heterocycles. The number of hydrogen-bond donors (Lipinski definition) is 1. The number of rotatable bonds is 6. The van der Waals surface area contributed by atoms with Gasteiger partial charge in [0.1, 0.15) is 6.04 Å². The highest BCUT2D eigenvalue weighted by Crippen LogP contribution is 2.24. The number of carbonyl (C=O) groups excluding carboxylic acids is 2. The highest BCUT2D eigenvalue weighted by molar-refractivity contribution is 7.92. The molecule has 150 valence electrons. The Bertz CT molecular complexity index is 984. The Morgan fingerprint density at radius 1 is 1.04 bits per heavy atom. The van der Waals surface area contributed by atoms with Gasteiger partial charge in [0.15, 0.2) is 0 Å². The van der Waals surface area contributed by atoms with E-state index in [2.05, 4.69) is 10.1 Å². The van der Waals surface area contributed by atoms with E-state index in [9.17, 15) is 18.0 Å².